The highest BCUT2D eigenvalue weighted by Gasteiger charge is 2.33. The third-order valence-electron chi connectivity index (χ3n) is 1.69. The van der Waals surface area contributed by atoms with E-state index in [9.17, 15) is 18.0 Å². The second-order valence-electron chi connectivity index (χ2n) is 3.06. The number of hydrogen-bond acceptors (Lipinski definition) is 3. The van der Waals surface area contributed by atoms with Crippen LogP contribution in [0.25, 0.3) is 0 Å². The van der Waals surface area contributed by atoms with Gasteiger partial charge in [-0.05, 0) is 19.3 Å². The third kappa shape index (κ3) is 6.89. The summed E-state index contributed by atoms with van der Waals surface area (Å²) in [6.07, 6.45) is -2.52. The lowest BCUT2D eigenvalue weighted by Crippen LogP contribution is -2.31. The van der Waals surface area contributed by atoms with E-state index in [1.54, 1.807) is 0 Å². The molecule has 0 spiro atoms. The molecule has 4 N–H and O–H groups in total. The summed E-state index contributed by atoms with van der Waals surface area (Å²) in [6.45, 7) is -0.00306. The van der Waals surface area contributed by atoms with Crippen LogP contribution in [0.15, 0.2) is 4.99 Å². The number of hydrogen-bond donors (Lipinski definition) is 2. The quantitative estimate of drug-likeness (QED) is 0.300. The van der Waals surface area contributed by atoms with E-state index < -0.39 is 18.1 Å². The second-order valence-corrected chi connectivity index (χ2v) is 3.06. The Morgan fingerprint density at radius 1 is 1.40 bits per heavy atom. The smallest absolute Gasteiger partial charge is 0.380 e. The maximum Gasteiger partial charge on any atom is 0.448 e. The molecule has 1 atom stereocenters. The van der Waals surface area contributed by atoms with E-state index in [0.29, 0.717) is 25.5 Å². The fourth-order valence-electron chi connectivity index (χ4n) is 0.849. The standard InChI is InChI=1S/C8H14F3N3O/c9-8(10,11)7(13)14-4-2-1-3-6(12)5-15/h5-6H,1-4,12H2,(H2,13,14)/t6-/m0/s1. The van der Waals surface area contributed by atoms with Gasteiger partial charge in [-0.15, -0.1) is 0 Å². The Balaban J connectivity index is 3.66. The predicted octanol–water partition coefficient (Wildman–Crippen LogP) is 0.602. The zero-order valence-electron chi connectivity index (χ0n) is 8.13. The molecule has 0 aliphatic heterocycles. The molecule has 0 fully saturated rings. The number of rotatable bonds is 6. The van der Waals surface area contributed by atoms with Gasteiger partial charge in [-0.25, -0.2) is 0 Å². The van der Waals surface area contributed by atoms with Crippen LogP contribution in [-0.2, 0) is 4.79 Å². The van der Waals surface area contributed by atoms with Crippen LogP contribution in [0.4, 0.5) is 13.2 Å². The molecule has 0 amide bonds. The number of aldehydes is 1. The van der Waals surface area contributed by atoms with Gasteiger partial charge in [0.15, 0.2) is 0 Å². The molecular formula is C8H14F3N3O. The average molecular weight is 225 g/mol. The van der Waals surface area contributed by atoms with E-state index >= 15 is 0 Å². The fourth-order valence-corrected chi connectivity index (χ4v) is 0.849. The number of carbonyl (C=O) groups is 1. The molecule has 0 rings (SSSR count). The Bertz CT molecular complexity index is 228. The molecule has 0 bridgehead atoms. The van der Waals surface area contributed by atoms with Gasteiger partial charge in [0.1, 0.15) is 6.29 Å². The van der Waals surface area contributed by atoms with Gasteiger partial charge in [0.25, 0.3) is 0 Å². The lowest BCUT2D eigenvalue weighted by Gasteiger charge is -2.05. The predicted molar refractivity (Wildman–Crippen MR) is 50.4 cm³/mol. The summed E-state index contributed by atoms with van der Waals surface area (Å²) < 4.78 is 35.5. The van der Waals surface area contributed by atoms with E-state index in [4.69, 9.17) is 5.73 Å². The Hall–Kier alpha value is -1.11. The number of aliphatic imine (C=N–C) groups is 1. The van der Waals surface area contributed by atoms with Gasteiger partial charge in [0, 0.05) is 6.54 Å². The number of nitrogens with zero attached hydrogens (tertiary/aromatic N) is 1. The average Bonchev–Trinajstić information content (AvgIpc) is 2.15. The van der Waals surface area contributed by atoms with Crippen molar-refractivity contribution in [3.05, 3.63) is 0 Å². The van der Waals surface area contributed by atoms with Crippen molar-refractivity contribution >= 4 is 12.1 Å². The van der Waals surface area contributed by atoms with Gasteiger partial charge in [0.2, 0.25) is 5.84 Å². The number of alkyl halides is 3. The summed E-state index contributed by atoms with van der Waals surface area (Å²) in [5, 5.41) is 0. The van der Waals surface area contributed by atoms with Gasteiger partial charge in [-0.2, -0.15) is 13.2 Å². The zero-order valence-corrected chi connectivity index (χ0v) is 8.13. The van der Waals surface area contributed by atoms with Crippen LogP contribution in [0, 0.1) is 0 Å². The molecule has 0 aliphatic rings. The van der Waals surface area contributed by atoms with Crippen LogP contribution >= 0.6 is 0 Å². The fraction of sp³-hybridized carbons (Fsp3) is 0.750. The number of unbranched alkanes of at least 4 members (excludes halogenated alkanes) is 1. The zero-order chi connectivity index (χ0) is 11.9. The molecular weight excluding hydrogens is 211 g/mol. The molecule has 0 aromatic rings. The highest BCUT2D eigenvalue weighted by atomic mass is 19.4. The highest BCUT2D eigenvalue weighted by Crippen LogP contribution is 2.14. The lowest BCUT2D eigenvalue weighted by molar-refractivity contribution is -0.109. The minimum Gasteiger partial charge on any atom is -0.380 e. The van der Waals surface area contributed by atoms with Crippen LogP contribution < -0.4 is 11.5 Å². The van der Waals surface area contributed by atoms with E-state index in [0.717, 1.165) is 0 Å². The minimum atomic E-state index is -4.56. The molecule has 4 nitrogen and oxygen atoms in total. The molecule has 0 saturated carbocycles. The van der Waals surface area contributed by atoms with Crippen molar-refractivity contribution in [2.24, 2.45) is 16.5 Å². The molecule has 0 radical (unpaired) electrons. The summed E-state index contributed by atoms with van der Waals surface area (Å²) in [5.41, 5.74) is 9.94. The number of halogens is 3. The Morgan fingerprint density at radius 2 is 2.00 bits per heavy atom. The first-order valence-electron chi connectivity index (χ1n) is 4.46. The molecule has 0 aromatic heterocycles. The van der Waals surface area contributed by atoms with Gasteiger partial charge in [-0.1, -0.05) is 0 Å². The van der Waals surface area contributed by atoms with E-state index in [1.807, 2.05) is 0 Å². The maximum atomic E-state index is 11.8. The maximum absolute atomic E-state index is 11.8. The summed E-state index contributed by atoms with van der Waals surface area (Å²) >= 11 is 0. The van der Waals surface area contributed by atoms with Crippen LogP contribution in [0.5, 0.6) is 0 Å². The van der Waals surface area contributed by atoms with E-state index in [2.05, 4.69) is 10.7 Å². The first kappa shape index (κ1) is 13.9. The van der Waals surface area contributed by atoms with Crippen molar-refractivity contribution in [1.82, 2.24) is 0 Å². The highest BCUT2D eigenvalue weighted by molar-refractivity contribution is 5.85. The van der Waals surface area contributed by atoms with Crippen molar-refractivity contribution in [2.75, 3.05) is 6.54 Å². The summed E-state index contributed by atoms with van der Waals surface area (Å²) in [5.74, 6) is -1.32. The Labute approximate surface area is 85.5 Å². The van der Waals surface area contributed by atoms with Crippen LogP contribution in [0.2, 0.25) is 0 Å². The Morgan fingerprint density at radius 3 is 2.47 bits per heavy atom. The summed E-state index contributed by atoms with van der Waals surface area (Å²) in [7, 11) is 0. The summed E-state index contributed by atoms with van der Waals surface area (Å²) in [4.78, 5) is 13.2. The topological polar surface area (TPSA) is 81.5 Å². The number of nitrogens with two attached hydrogens (primary N) is 2. The molecule has 0 saturated heterocycles. The minimum absolute atomic E-state index is 0.00306. The molecule has 0 unspecified atom stereocenters. The van der Waals surface area contributed by atoms with Crippen LogP contribution in [-0.4, -0.2) is 30.9 Å². The summed E-state index contributed by atoms with van der Waals surface area (Å²) in [6, 6.07) is -0.547. The van der Waals surface area contributed by atoms with Gasteiger partial charge in [-0.3, -0.25) is 4.99 Å². The second kappa shape index (κ2) is 6.39. The molecule has 88 valence electrons. The van der Waals surface area contributed by atoms with Crippen molar-refractivity contribution in [3.8, 4) is 0 Å². The molecule has 0 aliphatic carbocycles. The molecule has 0 heterocycles. The normalized spacial score (nSPS) is 15.1. The van der Waals surface area contributed by atoms with Crippen molar-refractivity contribution in [3.63, 3.8) is 0 Å². The third-order valence-corrected chi connectivity index (χ3v) is 1.69. The van der Waals surface area contributed by atoms with Gasteiger partial charge in [0.05, 0.1) is 6.04 Å². The van der Waals surface area contributed by atoms with E-state index in [-0.39, 0.29) is 6.54 Å². The first-order valence-corrected chi connectivity index (χ1v) is 4.46. The van der Waals surface area contributed by atoms with Gasteiger partial charge < -0.3 is 16.3 Å². The number of carbonyl (C=O) groups excluding carboxylic acids is 1. The molecule has 15 heavy (non-hydrogen) atoms. The lowest BCUT2D eigenvalue weighted by atomic mass is 10.1. The van der Waals surface area contributed by atoms with Crippen LogP contribution in [0.1, 0.15) is 19.3 Å². The van der Waals surface area contributed by atoms with Crippen molar-refractivity contribution < 1.29 is 18.0 Å². The number of amidine groups is 1. The Kier molecular flexibility index (Phi) is 5.92. The van der Waals surface area contributed by atoms with E-state index in [1.165, 1.54) is 0 Å². The largest absolute Gasteiger partial charge is 0.448 e. The van der Waals surface area contributed by atoms with Gasteiger partial charge >= 0.3 is 6.18 Å². The SMILES string of the molecule is NC(=NCCCC[C@H](N)C=O)C(F)(F)F. The monoisotopic (exact) mass is 225 g/mol. The molecule has 7 heteroatoms. The first-order chi connectivity index (χ1) is 6.88. The van der Waals surface area contributed by atoms with Crippen molar-refractivity contribution in [2.45, 2.75) is 31.5 Å². The molecule has 0 aromatic carbocycles. The van der Waals surface area contributed by atoms with Crippen LogP contribution in [0.3, 0.4) is 0 Å². The van der Waals surface area contributed by atoms with Crippen molar-refractivity contribution in [1.29, 1.82) is 0 Å².